The average molecular weight is 252 g/mol. The van der Waals surface area contributed by atoms with E-state index in [1.165, 1.54) is 51.5 Å². The summed E-state index contributed by atoms with van der Waals surface area (Å²) in [5.41, 5.74) is 6.52. The zero-order valence-corrected chi connectivity index (χ0v) is 12.6. The maximum atomic E-state index is 6.52. The summed E-state index contributed by atoms with van der Waals surface area (Å²) >= 11 is 0. The molecule has 1 aliphatic heterocycles. The van der Waals surface area contributed by atoms with Gasteiger partial charge in [-0.05, 0) is 50.5 Å². The van der Waals surface area contributed by atoms with Gasteiger partial charge in [0.05, 0.1) is 0 Å². The van der Waals surface area contributed by atoms with Crippen molar-refractivity contribution in [1.29, 1.82) is 0 Å². The third-order valence-electron chi connectivity index (χ3n) is 5.25. The van der Waals surface area contributed by atoms with Crippen molar-refractivity contribution in [3.63, 3.8) is 0 Å². The molecule has 2 fully saturated rings. The molecule has 0 aromatic heterocycles. The smallest absolute Gasteiger partial charge is 0.0275 e. The molecule has 2 N–H and O–H groups in total. The molecule has 2 heteroatoms. The van der Waals surface area contributed by atoms with Gasteiger partial charge in [0.15, 0.2) is 0 Å². The first kappa shape index (κ1) is 14.3. The predicted molar refractivity (Wildman–Crippen MR) is 78.6 cm³/mol. The van der Waals surface area contributed by atoms with Crippen LogP contribution in [0.2, 0.25) is 0 Å². The van der Waals surface area contributed by atoms with Crippen LogP contribution in [0.15, 0.2) is 0 Å². The zero-order chi connectivity index (χ0) is 13.1. The van der Waals surface area contributed by atoms with E-state index in [9.17, 15) is 0 Å². The van der Waals surface area contributed by atoms with Gasteiger partial charge in [0.1, 0.15) is 0 Å². The van der Waals surface area contributed by atoms with Gasteiger partial charge in [-0.3, -0.25) is 4.90 Å². The Bertz CT molecular complexity index is 241. The van der Waals surface area contributed by atoms with Gasteiger partial charge in [0.25, 0.3) is 0 Å². The number of nitrogens with two attached hydrogens (primary N) is 1. The maximum absolute atomic E-state index is 6.52. The zero-order valence-electron chi connectivity index (χ0n) is 12.6. The summed E-state index contributed by atoms with van der Waals surface area (Å²) in [6, 6.07) is 1.83. The number of likely N-dealkylation sites (tertiary alicyclic amines) is 1. The highest BCUT2D eigenvalue weighted by Gasteiger charge is 2.38. The largest absolute Gasteiger partial charge is 0.326 e. The van der Waals surface area contributed by atoms with Gasteiger partial charge in [-0.2, -0.15) is 0 Å². The summed E-state index contributed by atoms with van der Waals surface area (Å²) in [6.07, 6.45) is 9.49. The standard InChI is InChI=1S/C16H32N2/c1-4-14-8-6-5-7-9-18(14)16-13(3)10-12(2)11-15(16)17/h12-16H,4-11,17H2,1-3H3. The molecule has 2 rings (SSSR count). The van der Waals surface area contributed by atoms with Crippen molar-refractivity contribution >= 4 is 0 Å². The van der Waals surface area contributed by atoms with Crippen molar-refractivity contribution in [3.8, 4) is 0 Å². The summed E-state index contributed by atoms with van der Waals surface area (Å²) < 4.78 is 0. The Labute approximate surface area is 113 Å². The lowest BCUT2D eigenvalue weighted by Gasteiger charge is -2.47. The first-order valence-corrected chi connectivity index (χ1v) is 8.14. The minimum absolute atomic E-state index is 0.399. The molecule has 1 aliphatic carbocycles. The lowest BCUT2D eigenvalue weighted by Crippen LogP contribution is -2.57. The fraction of sp³-hybridized carbons (Fsp3) is 1.00. The van der Waals surface area contributed by atoms with Crippen molar-refractivity contribution in [1.82, 2.24) is 4.90 Å². The molecule has 106 valence electrons. The highest BCUT2D eigenvalue weighted by atomic mass is 15.2. The first-order valence-electron chi connectivity index (χ1n) is 8.14. The van der Waals surface area contributed by atoms with Crippen LogP contribution in [0.25, 0.3) is 0 Å². The van der Waals surface area contributed by atoms with Crippen LogP contribution in [0.1, 0.15) is 65.7 Å². The Morgan fingerprint density at radius 3 is 2.56 bits per heavy atom. The van der Waals surface area contributed by atoms with Gasteiger partial charge in [0.2, 0.25) is 0 Å². The van der Waals surface area contributed by atoms with Gasteiger partial charge in [0, 0.05) is 18.1 Å². The molecule has 2 aliphatic rings. The van der Waals surface area contributed by atoms with E-state index in [4.69, 9.17) is 5.73 Å². The third-order valence-corrected chi connectivity index (χ3v) is 5.25. The lowest BCUT2D eigenvalue weighted by molar-refractivity contribution is 0.0414. The fourth-order valence-corrected chi connectivity index (χ4v) is 4.50. The van der Waals surface area contributed by atoms with E-state index in [1.807, 2.05) is 0 Å². The SMILES string of the molecule is CCC1CCCCCN1C1C(C)CC(C)CC1N. The van der Waals surface area contributed by atoms with E-state index in [0.29, 0.717) is 12.1 Å². The molecule has 0 radical (unpaired) electrons. The molecule has 5 atom stereocenters. The molecule has 0 aromatic rings. The van der Waals surface area contributed by atoms with Crippen molar-refractivity contribution in [2.24, 2.45) is 17.6 Å². The molecular weight excluding hydrogens is 220 g/mol. The van der Waals surface area contributed by atoms with E-state index in [1.54, 1.807) is 0 Å². The Kier molecular flexibility index (Phi) is 5.08. The summed E-state index contributed by atoms with van der Waals surface area (Å²) in [7, 11) is 0. The van der Waals surface area contributed by atoms with E-state index in [-0.39, 0.29) is 0 Å². The number of hydrogen-bond donors (Lipinski definition) is 1. The van der Waals surface area contributed by atoms with Gasteiger partial charge < -0.3 is 5.73 Å². The minimum atomic E-state index is 0.399. The monoisotopic (exact) mass is 252 g/mol. The van der Waals surface area contributed by atoms with E-state index in [0.717, 1.165) is 17.9 Å². The Balaban J connectivity index is 2.10. The molecule has 0 spiro atoms. The second kappa shape index (κ2) is 6.38. The first-order chi connectivity index (χ1) is 8.63. The lowest BCUT2D eigenvalue weighted by atomic mass is 9.75. The van der Waals surface area contributed by atoms with Gasteiger partial charge in [-0.15, -0.1) is 0 Å². The molecule has 18 heavy (non-hydrogen) atoms. The summed E-state index contributed by atoms with van der Waals surface area (Å²) in [6.45, 7) is 8.43. The molecule has 1 heterocycles. The van der Waals surface area contributed by atoms with Crippen LogP contribution in [-0.2, 0) is 0 Å². The molecule has 5 unspecified atom stereocenters. The minimum Gasteiger partial charge on any atom is -0.326 e. The van der Waals surface area contributed by atoms with Crippen LogP contribution < -0.4 is 5.73 Å². The van der Waals surface area contributed by atoms with Crippen LogP contribution in [0.4, 0.5) is 0 Å². The highest BCUT2D eigenvalue weighted by Crippen LogP contribution is 2.34. The average Bonchev–Trinajstić information content (AvgIpc) is 2.53. The number of hydrogen-bond acceptors (Lipinski definition) is 2. The highest BCUT2D eigenvalue weighted by molar-refractivity contribution is 4.94. The second-order valence-electron chi connectivity index (χ2n) is 6.86. The van der Waals surface area contributed by atoms with Gasteiger partial charge in [-0.1, -0.05) is 33.6 Å². The van der Waals surface area contributed by atoms with Gasteiger partial charge >= 0.3 is 0 Å². The molecule has 0 aromatic carbocycles. The molecule has 2 nitrogen and oxygen atoms in total. The van der Waals surface area contributed by atoms with Crippen molar-refractivity contribution < 1.29 is 0 Å². The second-order valence-corrected chi connectivity index (χ2v) is 6.86. The Hall–Kier alpha value is -0.0800. The third kappa shape index (κ3) is 3.08. The summed E-state index contributed by atoms with van der Waals surface area (Å²) in [5.74, 6) is 1.59. The fourth-order valence-electron chi connectivity index (χ4n) is 4.50. The van der Waals surface area contributed by atoms with Crippen LogP contribution in [0.5, 0.6) is 0 Å². The quantitative estimate of drug-likeness (QED) is 0.816. The normalized spacial score (nSPS) is 43.7. The molecule has 0 amide bonds. The summed E-state index contributed by atoms with van der Waals surface area (Å²) in [5, 5.41) is 0. The Morgan fingerprint density at radius 1 is 1.11 bits per heavy atom. The van der Waals surface area contributed by atoms with Crippen molar-refractivity contribution in [2.45, 2.75) is 83.8 Å². The van der Waals surface area contributed by atoms with E-state index < -0.39 is 0 Å². The van der Waals surface area contributed by atoms with Gasteiger partial charge in [-0.25, -0.2) is 0 Å². The molecular formula is C16H32N2. The molecule has 0 bridgehead atoms. The Morgan fingerprint density at radius 2 is 1.89 bits per heavy atom. The van der Waals surface area contributed by atoms with Crippen LogP contribution in [0, 0.1) is 11.8 Å². The van der Waals surface area contributed by atoms with Crippen LogP contribution >= 0.6 is 0 Å². The maximum Gasteiger partial charge on any atom is 0.0275 e. The summed E-state index contributed by atoms with van der Waals surface area (Å²) in [4.78, 5) is 2.80. The molecule has 1 saturated heterocycles. The number of nitrogens with zero attached hydrogens (tertiary/aromatic N) is 1. The van der Waals surface area contributed by atoms with E-state index in [2.05, 4.69) is 25.7 Å². The van der Waals surface area contributed by atoms with Crippen molar-refractivity contribution in [2.75, 3.05) is 6.54 Å². The molecule has 1 saturated carbocycles. The topological polar surface area (TPSA) is 29.3 Å². The number of rotatable bonds is 2. The van der Waals surface area contributed by atoms with Crippen LogP contribution in [-0.4, -0.2) is 29.6 Å². The van der Waals surface area contributed by atoms with Crippen molar-refractivity contribution in [3.05, 3.63) is 0 Å². The van der Waals surface area contributed by atoms with E-state index >= 15 is 0 Å². The van der Waals surface area contributed by atoms with Crippen LogP contribution in [0.3, 0.4) is 0 Å². The predicted octanol–water partition coefficient (Wildman–Crippen LogP) is 3.40.